The third-order valence-electron chi connectivity index (χ3n) is 4.52. The number of hydrogen-bond acceptors (Lipinski definition) is 5. The molecule has 27 heavy (non-hydrogen) atoms. The van der Waals surface area contributed by atoms with Gasteiger partial charge in [-0.15, -0.1) is 11.3 Å². The molecule has 1 N–H and O–H groups in total. The maximum Gasteiger partial charge on any atom is 0.331 e. The smallest absolute Gasteiger partial charge is 0.331 e. The number of amides is 1. The first-order valence-electron chi connectivity index (χ1n) is 8.76. The molecule has 1 fully saturated rings. The number of hydrogen-bond donors (Lipinski definition) is 1. The second kappa shape index (κ2) is 7.80. The van der Waals surface area contributed by atoms with Gasteiger partial charge in [-0.25, -0.2) is 4.79 Å². The normalized spacial score (nSPS) is 14.7. The van der Waals surface area contributed by atoms with Crippen molar-refractivity contribution in [3.63, 3.8) is 0 Å². The first-order valence-corrected chi connectivity index (χ1v) is 9.64. The Hall–Kier alpha value is -2.85. The summed E-state index contributed by atoms with van der Waals surface area (Å²) in [7, 11) is 0. The van der Waals surface area contributed by atoms with Crippen LogP contribution in [0.4, 0.5) is 5.00 Å². The minimum absolute atomic E-state index is 0.387. The minimum Gasteiger partial charge on any atom is -0.449 e. The molecule has 3 rings (SSSR count). The number of esters is 1. The largest absolute Gasteiger partial charge is 0.449 e. The zero-order valence-electron chi connectivity index (χ0n) is 15.5. The lowest BCUT2D eigenvalue weighted by Gasteiger charge is -2.11. The fourth-order valence-corrected chi connectivity index (χ4v) is 3.74. The first kappa shape index (κ1) is 18.9. The van der Waals surface area contributed by atoms with E-state index in [1.807, 2.05) is 19.1 Å². The highest BCUT2D eigenvalue weighted by atomic mass is 32.1. The van der Waals surface area contributed by atoms with Crippen LogP contribution in [0.1, 0.15) is 48.3 Å². The highest BCUT2D eigenvalue weighted by Crippen LogP contribution is 2.38. The van der Waals surface area contributed by atoms with Gasteiger partial charge in [-0.2, -0.15) is 5.26 Å². The van der Waals surface area contributed by atoms with Gasteiger partial charge in [0.05, 0.1) is 5.56 Å². The zero-order valence-corrected chi connectivity index (χ0v) is 16.3. The maximum atomic E-state index is 12.2. The Balaban J connectivity index is 1.58. The number of nitrogens with zero attached hydrogens (tertiary/aromatic N) is 2. The third kappa shape index (κ3) is 4.29. The molecule has 1 aliphatic rings. The third-order valence-corrected chi connectivity index (χ3v) is 5.35. The summed E-state index contributed by atoms with van der Waals surface area (Å²) in [6, 6.07) is 6.25. The van der Waals surface area contributed by atoms with E-state index in [0.717, 1.165) is 11.3 Å². The second-order valence-corrected chi connectivity index (χ2v) is 7.52. The maximum absolute atomic E-state index is 12.2. The van der Waals surface area contributed by atoms with Crippen molar-refractivity contribution < 1.29 is 14.3 Å². The summed E-state index contributed by atoms with van der Waals surface area (Å²) in [5.74, 6) is -1.05. The molecule has 0 aliphatic heterocycles. The summed E-state index contributed by atoms with van der Waals surface area (Å²) in [4.78, 5) is 24.2. The van der Waals surface area contributed by atoms with E-state index < -0.39 is 18.0 Å². The molecule has 1 atom stereocenters. The number of aromatic nitrogens is 1. The number of carbonyl (C=O) groups excluding carboxylic acids is 2. The summed E-state index contributed by atoms with van der Waals surface area (Å²) in [5, 5.41) is 13.8. The lowest BCUT2D eigenvalue weighted by Crippen LogP contribution is -2.29. The van der Waals surface area contributed by atoms with E-state index in [1.54, 1.807) is 17.5 Å². The molecule has 7 heteroatoms. The molecular formula is C20H21N3O3S. The monoisotopic (exact) mass is 383 g/mol. The van der Waals surface area contributed by atoms with Crippen LogP contribution in [0.5, 0.6) is 0 Å². The van der Waals surface area contributed by atoms with Crippen molar-refractivity contribution >= 4 is 34.3 Å². The van der Waals surface area contributed by atoms with Crippen molar-refractivity contribution in [1.29, 1.82) is 5.26 Å². The van der Waals surface area contributed by atoms with Crippen LogP contribution in [0.15, 0.2) is 23.6 Å². The Labute approximate surface area is 162 Å². The number of nitriles is 1. The topological polar surface area (TPSA) is 84.1 Å². The van der Waals surface area contributed by atoms with E-state index in [1.165, 1.54) is 42.9 Å². The van der Waals surface area contributed by atoms with E-state index in [9.17, 15) is 9.59 Å². The number of ether oxygens (including phenoxy) is 1. The first-order chi connectivity index (χ1) is 12.9. The molecule has 1 aliphatic carbocycles. The Morgan fingerprint density at radius 1 is 1.44 bits per heavy atom. The van der Waals surface area contributed by atoms with Gasteiger partial charge < -0.3 is 14.6 Å². The lowest BCUT2D eigenvalue weighted by atomic mass is 10.2. The van der Waals surface area contributed by atoms with E-state index in [-0.39, 0.29) is 0 Å². The fourth-order valence-electron chi connectivity index (χ4n) is 3.00. The van der Waals surface area contributed by atoms with E-state index >= 15 is 0 Å². The van der Waals surface area contributed by atoms with Gasteiger partial charge in [-0.1, -0.05) is 0 Å². The number of rotatable bonds is 6. The van der Waals surface area contributed by atoms with Crippen LogP contribution in [-0.2, 0) is 14.3 Å². The number of thiophene rings is 1. The molecule has 140 valence electrons. The van der Waals surface area contributed by atoms with Crippen LogP contribution in [0.2, 0.25) is 0 Å². The van der Waals surface area contributed by atoms with Crippen LogP contribution in [-0.4, -0.2) is 22.5 Å². The highest BCUT2D eigenvalue weighted by Gasteiger charge is 2.26. The van der Waals surface area contributed by atoms with Gasteiger partial charge in [0.2, 0.25) is 0 Å². The van der Waals surface area contributed by atoms with Gasteiger partial charge in [0.15, 0.2) is 6.10 Å². The molecule has 0 unspecified atom stereocenters. The predicted octanol–water partition coefficient (Wildman–Crippen LogP) is 3.96. The molecule has 0 bridgehead atoms. The zero-order chi connectivity index (χ0) is 19.6. The minimum atomic E-state index is -0.963. The van der Waals surface area contributed by atoms with Crippen molar-refractivity contribution in [3.8, 4) is 6.07 Å². The molecule has 0 radical (unpaired) electrons. The van der Waals surface area contributed by atoms with E-state index in [0.29, 0.717) is 16.6 Å². The number of nitrogens with one attached hydrogen (secondary N) is 1. The molecule has 0 saturated heterocycles. The van der Waals surface area contributed by atoms with Crippen LogP contribution in [0.3, 0.4) is 0 Å². The summed E-state index contributed by atoms with van der Waals surface area (Å²) < 4.78 is 7.47. The Bertz CT molecular complexity index is 944. The Morgan fingerprint density at radius 3 is 2.85 bits per heavy atom. The molecule has 0 aromatic carbocycles. The summed E-state index contributed by atoms with van der Waals surface area (Å²) >= 11 is 1.25. The molecule has 1 saturated carbocycles. The average molecular weight is 383 g/mol. The highest BCUT2D eigenvalue weighted by molar-refractivity contribution is 7.14. The van der Waals surface area contributed by atoms with Crippen LogP contribution < -0.4 is 5.32 Å². The van der Waals surface area contributed by atoms with Crippen LogP contribution in [0.25, 0.3) is 6.08 Å². The number of aryl methyl sites for hydroxylation is 1. The van der Waals surface area contributed by atoms with Gasteiger partial charge in [-0.05, 0) is 62.8 Å². The van der Waals surface area contributed by atoms with E-state index in [2.05, 4.69) is 16.8 Å². The lowest BCUT2D eigenvalue weighted by molar-refractivity contribution is -0.148. The number of anilines is 1. The van der Waals surface area contributed by atoms with Crippen molar-refractivity contribution in [3.05, 3.63) is 46.1 Å². The molecule has 2 aromatic heterocycles. The van der Waals surface area contributed by atoms with Gasteiger partial charge in [0.25, 0.3) is 5.91 Å². The van der Waals surface area contributed by atoms with Gasteiger partial charge in [0, 0.05) is 23.5 Å². The van der Waals surface area contributed by atoms with Crippen LogP contribution >= 0.6 is 11.3 Å². The van der Waals surface area contributed by atoms with Crippen molar-refractivity contribution in [2.45, 2.75) is 45.8 Å². The van der Waals surface area contributed by atoms with Gasteiger partial charge in [0.1, 0.15) is 11.1 Å². The van der Waals surface area contributed by atoms with E-state index in [4.69, 9.17) is 10.00 Å². The van der Waals surface area contributed by atoms with Crippen molar-refractivity contribution in [1.82, 2.24) is 4.57 Å². The molecule has 0 spiro atoms. The average Bonchev–Trinajstić information content (AvgIpc) is 3.28. The molecule has 1 amide bonds. The molecule has 2 heterocycles. The van der Waals surface area contributed by atoms with Gasteiger partial charge in [-0.3, -0.25) is 4.79 Å². The van der Waals surface area contributed by atoms with Gasteiger partial charge >= 0.3 is 5.97 Å². The van der Waals surface area contributed by atoms with Crippen molar-refractivity contribution in [2.75, 3.05) is 5.32 Å². The SMILES string of the molecule is Cc1cc(/C=C/C(=O)O[C@@H](C)C(=O)Nc2sccc2C#N)c(C)n1C1CC1. The van der Waals surface area contributed by atoms with Crippen molar-refractivity contribution in [2.24, 2.45) is 0 Å². The van der Waals surface area contributed by atoms with Crippen LogP contribution in [0, 0.1) is 25.2 Å². The number of carbonyl (C=O) groups is 2. The molecular weight excluding hydrogens is 362 g/mol. The Kier molecular flexibility index (Phi) is 5.47. The quantitative estimate of drug-likeness (QED) is 0.604. The fraction of sp³-hybridized carbons (Fsp3) is 0.350. The predicted molar refractivity (Wildman–Crippen MR) is 104 cm³/mol. The summed E-state index contributed by atoms with van der Waals surface area (Å²) in [6.07, 6.45) is 4.50. The molecule has 2 aromatic rings. The standard InChI is InChI=1S/C20H21N3O3S/c1-12-10-15(13(2)23(12)17-5-6-17)4-7-18(24)26-14(3)19(25)22-20-16(11-21)8-9-27-20/h4,7-10,14,17H,5-6H2,1-3H3,(H,22,25)/b7-4+/t14-/m0/s1. The summed E-state index contributed by atoms with van der Waals surface area (Å²) in [6.45, 7) is 5.60. The molecule has 6 nitrogen and oxygen atoms in total. The second-order valence-electron chi connectivity index (χ2n) is 6.60. The Morgan fingerprint density at radius 2 is 2.19 bits per heavy atom. The summed E-state index contributed by atoms with van der Waals surface area (Å²) in [5.41, 5.74) is 3.68.